The number of hydrogen-bond acceptors (Lipinski definition) is 6. The number of rotatable bonds is 12. The Balaban J connectivity index is 2.80. The van der Waals surface area contributed by atoms with Gasteiger partial charge in [-0.25, -0.2) is 14.6 Å². The number of imidazole rings is 1. The summed E-state index contributed by atoms with van der Waals surface area (Å²) >= 11 is 0. The molecule has 0 radical (unpaired) electrons. The van der Waals surface area contributed by atoms with Gasteiger partial charge >= 0.3 is 11.7 Å². The van der Waals surface area contributed by atoms with Crippen molar-refractivity contribution in [3.05, 3.63) is 26.7 Å². The first-order valence-corrected chi connectivity index (χ1v) is 10.4. The maximum absolute atomic E-state index is 13.2. The topological polar surface area (TPSA) is 136 Å². The molecular weight excluding hydrogens is 392 g/mol. The zero-order valence-corrected chi connectivity index (χ0v) is 17.8. The van der Waals surface area contributed by atoms with Crippen molar-refractivity contribution < 1.29 is 19.8 Å². The SMILES string of the molecule is CCCCn1c(=O)c2c(nc(CC(O)C(=O)O)n2CCC(C)=O)n(CCCC)c1=O. The first kappa shape index (κ1) is 23.5. The number of carboxylic acid groups (broad SMARTS) is 1. The van der Waals surface area contributed by atoms with Crippen molar-refractivity contribution >= 4 is 22.9 Å². The Kier molecular flexibility index (Phi) is 8.10. The van der Waals surface area contributed by atoms with Crippen LogP contribution in [0.2, 0.25) is 0 Å². The van der Waals surface area contributed by atoms with Gasteiger partial charge in [-0.05, 0) is 19.8 Å². The minimum Gasteiger partial charge on any atom is -0.479 e. The standard InChI is InChI=1S/C20H30N4O6/c1-4-6-9-23-17-16(18(27)24(20(23)30)10-7-5-2)22(11-8-13(3)25)15(21-17)12-14(26)19(28)29/h14,26H,4-12H2,1-3H3,(H,28,29). The van der Waals surface area contributed by atoms with E-state index in [4.69, 9.17) is 5.11 Å². The van der Waals surface area contributed by atoms with E-state index < -0.39 is 23.3 Å². The highest BCUT2D eigenvalue weighted by molar-refractivity contribution is 5.76. The van der Waals surface area contributed by atoms with E-state index >= 15 is 0 Å². The van der Waals surface area contributed by atoms with Crippen molar-refractivity contribution in [2.24, 2.45) is 0 Å². The lowest BCUT2D eigenvalue weighted by atomic mass is 10.2. The van der Waals surface area contributed by atoms with Gasteiger partial charge in [-0.2, -0.15) is 0 Å². The predicted molar refractivity (Wildman–Crippen MR) is 111 cm³/mol. The number of hydrogen-bond donors (Lipinski definition) is 2. The number of aliphatic hydroxyl groups excluding tert-OH is 1. The molecule has 0 amide bonds. The molecule has 0 aromatic carbocycles. The number of Topliss-reactive ketones (excluding diaryl/α,β-unsaturated/α-hetero) is 1. The van der Waals surface area contributed by atoms with Gasteiger partial charge in [0.1, 0.15) is 11.6 Å². The average molecular weight is 422 g/mol. The lowest BCUT2D eigenvalue weighted by Gasteiger charge is -2.12. The molecule has 10 heteroatoms. The molecule has 2 heterocycles. The molecule has 1 atom stereocenters. The van der Waals surface area contributed by atoms with Crippen molar-refractivity contribution in [1.82, 2.24) is 18.7 Å². The van der Waals surface area contributed by atoms with E-state index in [1.54, 1.807) is 0 Å². The van der Waals surface area contributed by atoms with Crippen molar-refractivity contribution in [3.8, 4) is 0 Å². The minimum absolute atomic E-state index is 0.104. The minimum atomic E-state index is -1.71. The van der Waals surface area contributed by atoms with E-state index in [-0.39, 0.29) is 48.7 Å². The number of carboxylic acids is 1. The molecule has 10 nitrogen and oxygen atoms in total. The van der Waals surface area contributed by atoms with Gasteiger partial charge in [0.25, 0.3) is 5.56 Å². The monoisotopic (exact) mass is 422 g/mol. The number of nitrogens with zero attached hydrogens (tertiary/aromatic N) is 4. The summed E-state index contributed by atoms with van der Waals surface area (Å²) in [6.45, 7) is 6.10. The Morgan fingerprint density at radius 3 is 2.13 bits per heavy atom. The Bertz CT molecular complexity index is 1030. The summed E-state index contributed by atoms with van der Waals surface area (Å²) in [5.41, 5.74) is -0.628. The fourth-order valence-corrected chi connectivity index (χ4v) is 3.29. The van der Waals surface area contributed by atoms with Gasteiger partial charge in [0.2, 0.25) is 0 Å². The van der Waals surface area contributed by atoms with Crippen LogP contribution in [0.15, 0.2) is 9.59 Å². The van der Waals surface area contributed by atoms with Crippen molar-refractivity contribution in [1.29, 1.82) is 0 Å². The summed E-state index contributed by atoms with van der Waals surface area (Å²) in [7, 11) is 0. The molecule has 30 heavy (non-hydrogen) atoms. The number of aliphatic hydroxyl groups is 1. The molecule has 0 aliphatic rings. The first-order chi connectivity index (χ1) is 14.2. The summed E-state index contributed by atoms with van der Waals surface area (Å²) in [6.07, 6.45) is 1.06. The van der Waals surface area contributed by atoms with Crippen LogP contribution < -0.4 is 11.2 Å². The quantitative estimate of drug-likeness (QED) is 0.519. The maximum Gasteiger partial charge on any atom is 0.332 e. The molecule has 0 spiro atoms. The average Bonchev–Trinajstić information content (AvgIpc) is 3.04. The largest absolute Gasteiger partial charge is 0.479 e. The molecule has 2 rings (SSSR count). The molecule has 166 valence electrons. The number of aliphatic carboxylic acids is 1. The van der Waals surface area contributed by atoms with Crippen LogP contribution in [-0.4, -0.2) is 46.8 Å². The number of carbonyl (C=O) groups excluding carboxylic acids is 1. The van der Waals surface area contributed by atoms with E-state index in [1.165, 1.54) is 20.6 Å². The van der Waals surface area contributed by atoms with Gasteiger partial charge < -0.3 is 14.8 Å². The fourth-order valence-electron chi connectivity index (χ4n) is 3.29. The predicted octanol–water partition coefficient (Wildman–Crippen LogP) is 0.927. The zero-order valence-electron chi connectivity index (χ0n) is 17.8. The Morgan fingerprint density at radius 1 is 1.00 bits per heavy atom. The number of fused-ring (bicyclic) bond motifs is 1. The molecule has 2 aromatic rings. The highest BCUT2D eigenvalue weighted by Gasteiger charge is 2.24. The molecule has 0 fully saturated rings. The molecule has 0 aliphatic carbocycles. The van der Waals surface area contributed by atoms with Crippen LogP contribution in [0, 0.1) is 0 Å². The lowest BCUT2D eigenvalue weighted by Crippen LogP contribution is -2.40. The van der Waals surface area contributed by atoms with Crippen LogP contribution in [0.4, 0.5) is 0 Å². The second-order valence-electron chi connectivity index (χ2n) is 7.46. The molecule has 0 bridgehead atoms. The summed E-state index contributed by atoms with van der Waals surface area (Å²) in [5.74, 6) is -1.35. The van der Waals surface area contributed by atoms with Gasteiger partial charge in [-0.15, -0.1) is 0 Å². The Morgan fingerprint density at radius 2 is 1.60 bits per heavy atom. The number of aryl methyl sites for hydroxylation is 2. The van der Waals surface area contributed by atoms with E-state index in [2.05, 4.69) is 4.98 Å². The first-order valence-electron chi connectivity index (χ1n) is 10.4. The second-order valence-corrected chi connectivity index (χ2v) is 7.46. The Hall–Kier alpha value is -2.75. The van der Waals surface area contributed by atoms with Crippen LogP contribution >= 0.6 is 0 Å². The highest BCUT2D eigenvalue weighted by Crippen LogP contribution is 2.16. The van der Waals surface area contributed by atoms with Gasteiger partial charge in [-0.1, -0.05) is 26.7 Å². The van der Waals surface area contributed by atoms with Gasteiger partial charge in [-0.3, -0.25) is 18.7 Å². The smallest absolute Gasteiger partial charge is 0.332 e. The lowest BCUT2D eigenvalue weighted by molar-refractivity contribution is -0.146. The summed E-state index contributed by atoms with van der Waals surface area (Å²) in [4.78, 5) is 53.3. The molecule has 1 unspecified atom stereocenters. The van der Waals surface area contributed by atoms with E-state index in [9.17, 15) is 24.3 Å². The van der Waals surface area contributed by atoms with Gasteiger partial charge in [0.05, 0.1) is 0 Å². The van der Waals surface area contributed by atoms with Gasteiger partial charge in [0, 0.05) is 32.5 Å². The fraction of sp³-hybridized carbons (Fsp3) is 0.650. The van der Waals surface area contributed by atoms with Crippen LogP contribution in [0.25, 0.3) is 11.2 Å². The summed E-state index contributed by atoms with van der Waals surface area (Å²) in [5, 5.41) is 18.9. The van der Waals surface area contributed by atoms with Crippen molar-refractivity contribution in [2.45, 2.75) is 85.0 Å². The van der Waals surface area contributed by atoms with Crippen LogP contribution in [0.3, 0.4) is 0 Å². The van der Waals surface area contributed by atoms with Crippen LogP contribution in [-0.2, 0) is 35.6 Å². The normalized spacial score (nSPS) is 12.4. The van der Waals surface area contributed by atoms with Gasteiger partial charge in [0.15, 0.2) is 17.3 Å². The molecule has 0 aliphatic heterocycles. The van der Waals surface area contributed by atoms with E-state index in [1.807, 2.05) is 13.8 Å². The van der Waals surface area contributed by atoms with Crippen molar-refractivity contribution in [2.75, 3.05) is 0 Å². The highest BCUT2D eigenvalue weighted by atomic mass is 16.4. The summed E-state index contributed by atoms with van der Waals surface area (Å²) < 4.78 is 4.11. The third-order valence-corrected chi connectivity index (χ3v) is 5.01. The third kappa shape index (κ3) is 5.05. The van der Waals surface area contributed by atoms with Crippen LogP contribution in [0.1, 0.15) is 58.7 Å². The number of ketones is 1. The molecular formula is C20H30N4O6. The van der Waals surface area contributed by atoms with E-state index in [0.29, 0.717) is 19.4 Å². The third-order valence-electron chi connectivity index (χ3n) is 5.01. The summed E-state index contributed by atoms with van der Waals surface area (Å²) in [6, 6.07) is 0. The number of carbonyl (C=O) groups is 2. The molecule has 2 N–H and O–H groups in total. The second kappa shape index (κ2) is 10.3. The number of unbranched alkanes of at least 4 members (excludes halogenated alkanes) is 2. The Labute approximate surface area is 173 Å². The number of aromatic nitrogens is 4. The zero-order chi connectivity index (χ0) is 22.4. The molecule has 0 saturated heterocycles. The van der Waals surface area contributed by atoms with Crippen molar-refractivity contribution in [3.63, 3.8) is 0 Å². The molecule has 0 saturated carbocycles. The van der Waals surface area contributed by atoms with Crippen LogP contribution in [0.5, 0.6) is 0 Å². The maximum atomic E-state index is 13.2. The van der Waals surface area contributed by atoms with E-state index in [0.717, 1.165) is 12.8 Å². The molecule has 2 aromatic heterocycles.